The fourth-order valence-electron chi connectivity index (χ4n) is 3.28. The second-order valence-corrected chi connectivity index (χ2v) is 7.85. The number of rotatable bonds is 1. The molecule has 1 amide bonds. The molecule has 1 aromatic carbocycles. The van der Waals surface area contributed by atoms with Crippen molar-refractivity contribution in [3.05, 3.63) is 28.8 Å². The van der Waals surface area contributed by atoms with Gasteiger partial charge in [0.15, 0.2) is 11.4 Å². The van der Waals surface area contributed by atoms with Crippen molar-refractivity contribution in [1.82, 2.24) is 4.90 Å². The van der Waals surface area contributed by atoms with Crippen LogP contribution in [0.15, 0.2) is 12.1 Å². The minimum absolute atomic E-state index is 0.111. The average Bonchev–Trinajstić information content (AvgIpc) is 2.49. The Morgan fingerprint density at radius 3 is 2.46 bits per heavy atom. The first-order chi connectivity index (χ1) is 12.1. The largest absolute Gasteiger partial charge is 0.481 e. The van der Waals surface area contributed by atoms with Gasteiger partial charge in [-0.1, -0.05) is 6.07 Å². The molecule has 0 N–H and O–H groups in total. The molecule has 1 aromatic rings. The van der Waals surface area contributed by atoms with E-state index in [0.29, 0.717) is 11.1 Å². The number of hydrogen-bond donors (Lipinski definition) is 0. The maximum Gasteiger partial charge on any atom is 0.410 e. The van der Waals surface area contributed by atoms with Gasteiger partial charge in [0.2, 0.25) is 0 Å². The van der Waals surface area contributed by atoms with Gasteiger partial charge in [0, 0.05) is 0 Å². The Hall–Kier alpha value is -2.57. The van der Waals surface area contributed by atoms with Gasteiger partial charge in [-0.3, -0.25) is 9.69 Å². The number of carbonyl (C=O) groups is 3. The molecule has 1 spiro atoms. The summed E-state index contributed by atoms with van der Waals surface area (Å²) in [5, 5.41) is 0. The topological polar surface area (TPSA) is 82.1 Å². The van der Waals surface area contributed by atoms with Crippen molar-refractivity contribution in [3.63, 3.8) is 0 Å². The molecule has 2 aliphatic rings. The van der Waals surface area contributed by atoms with E-state index in [2.05, 4.69) is 0 Å². The Balaban J connectivity index is 1.85. The second kappa shape index (κ2) is 6.00. The van der Waals surface area contributed by atoms with Crippen molar-refractivity contribution < 1.29 is 28.6 Å². The first kappa shape index (κ1) is 18.2. The number of ether oxygens (including phenoxy) is 3. The predicted octanol–water partition coefficient (Wildman–Crippen LogP) is 2.74. The first-order valence-electron chi connectivity index (χ1n) is 8.47. The third kappa shape index (κ3) is 3.13. The fourth-order valence-corrected chi connectivity index (χ4v) is 3.28. The summed E-state index contributed by atoms with van der Waals surface area (Å²) in [5.41, 5.74) is -0.114. The molecule has 0 unspecified atom stereocenters. The molecule has 2 aliphatic heterocycles. The number of hydrogen-bond acceptors (Lipinski definition) is 6. The number of methoxy groups -OCH3 is 1. The number of fused-ring (bicyclic) bond motifs is 1. The van der Waals surface area contributed by atoms with Crippen LogP contribution >= 0.6 is 0 Å². The number of Topliss-reactive ketones (excluding diaryl/α,β-unsaturated/α-hetero) is 1. The molecule has 2 heterocycles. The van der Waals surface area contributed by atoms with Crippen LogP contribution in [0.1, 0.15) is 53.5 Å². The SMILES string of the molecule is COC(=O)c1c(C)ccc2c1OC1(CC2=O)CN(C(=O)OC(C)(C)C)C1. The second-order valence-electron chi connectivity index (χ2n) is 7.85. The molecule has 7 nitrogen and oxygen atoms in total. The molecule has 0 radical (unpaired) electrons. The van der Waals surface area contributed by atoms with Crippen molar-refractivity contribution in [1.29, 1.82) is 0 Å². The number of nitrogens with zero attached hydrogens (tertiary/aromatic N) is 1. The summed E-state index contributed by atoms with van der Waals surface area (Å²) < 4.78 is 16.3. The summed E-state index contributed by atoms with van der Waals surface area (Å²) in [6, 6.07) is 3.37. The quantitative estimate of drug-likeness (QED) is 0.716. The zero-order chi connectivity index (χ0) is 19.3. The monoisotopic (exact) mass is 361 g/mol. The standard InChI is InChI=1S/C19H23NO6/c1-11-6-7-12-13(21)8-19(25-15(12)14(11)16(22)24-5)9-20(10-19)17(23)26-18(2,3)4/h6-7H,8-10H2,1-5H3. The number of ketones is 1. The molecule has 0 aromatic heterocycles. The Labute approximate surface area is 152 Å². The summed E-state index contributed by atoms with van der Waals surface area (Å²) >= 11 is 0. The third-order valence-electron chi connectivity index (χ3n) is 4.47. The van der Waals surface area contributed by atoms with Gasteiger partial charge in [-0.2, -0.15) is 0 Å². The van der Waals surface area contributed by atoms with Crippen LogP contribution in [0.4, 0.5) is 4.79 Å². The first-order valence-corrected chi connectivity index (χ1v) is 8.47. The summed E-state index contributed by atoms with van der Waals surface area (Å²) in [6.07, 6.45) is -0.286. The zero-order valence-electron chi connectivity index (χ0n) is 15.7. The highest BCUT2D eigenvalue weighted by Crippen LogP contribution is 2.42. The average molecular weight is 361 g/mol. The van der Waals surface area contributed by atoms with Crippen molar-refractivity contribution in [3.8, 4) is 5.75 Å². The lowest BCUT2D eigenvalue weighted by molar-refractivity contribution is -0.0850. The predicted molar refractivity (Wildman–Crippen MR) is 92.6 cm³/mol. The molecule has 0 aliphatic carbocycles. The lowest BCUT2D eigenvalue weighted by atomic mass is 9.83. The zero-order valence-corrected chi connectivity index (χ0v) is 15.7. The molecule has 1 saturated heterocycles. The summed E-state index contributed by atoms with van der Waals surface area (Å²) in [7, 11) is 1.29. The third-order valence-corrected chi connectivity index (χ3v) is 4.47. The highest BCUT2D eigenvalue weighted by molar-refractivity contribution is 6.05. The van der Waals surface area contributed by atoms with Gasteiger partial charge >= 0.3 is 12.1 Å². The van der Waals surface area contributed by atoms with Gasteiger partial charge in [-0.05, 0) is 39.3 Å². The maximum atomic E-state index is 12.6. The van der Waals surface area contributed by atoms with E-state index < -0.39 is 23.3 Å². The van der Waals surface area contributed by atoms with Crippen LogP contribution in [-0.4, -0.2) is 54.1 Å². The van der Waals surface area contributed by atoms with E-state index in [0.717, 1.165) is 0 Å². The van der Waals surface area contributed by atoms with Crippen LogP contribution in [0.5, 0.6) is 5.75 Å². The molecule has 7 heteroatoms. The summed E-state index contributed by atoms with van der Waals surface area (Å²) in [4.78, 5) is 38.4. The molecule has 0 saturated carbocycles. The summed E-state index contributed by atoms with van der Waals surface area (Å²) in [5.74, 6) is -0.412. The molecule has 1 fully saturated rings. The molecule has 140 valence electrons. The van der Waals surface area contributed by atoms with Crippen LogP contribution < -0.4 is 4.74 Å². The molecule has 0 atom stereocenters. The summed E-state index contributed by atoms with van der Waals surface area (Å²) in [6.45, 7) is 7.62. The number of likely N-dealkylation sites (tertiary alicyclic amines) is 1. The minimum Gasteiger partial charge on any atom is -0.481 e. The maximum absolute atomic E-state index is 12.6. The van der Waals surface area contributed by atoms with Gasteiger partial charge in [0.25, 0.3) is 0 Å². The number of aryl methyl sites for hydroxylation is 1. The van der Waals surface area contributed by atoms with E-state index in [1.54, 1.807) is 39.8 Å². The number of amides is 1. The molecule has 0 bridgehead atoms. The lowest BCUT2D eigenvalue weighted by Gasteiger charge is -2.51. The highest BCUT2D eigenvalue weighted by atomic mass is 16.6. The van der Waals surface area contributed by atoms with Crippen LogP contribution in [0.2, 0.25) is 0 Å². The van der Waals surface area contributed by atoms with E-state index in [1.807, 2.05) is 0 Å². The van der Waals surface area contributed by atoms with Gasteiger partial charge in [0.05, 0.1) is 32.2 Å². The van der Waals surface area contributed by atoms with Crippen molar-refractivity contribution in [2.24, 2.45) is 0 Å². The normalized spacial score (nSPS) is 17.9. The minimum atomic E-state index is -0.822. The van der Waals surface area contributed by atoms with Crippen LogP contribution in [0.25, 0.3) is 0 Å². The van der Waals surface area contributed by atoms with E-state index in [-0.39, 0.29) is 36.6 Å². The lowest BCUT2D eigenvalue weighted by Crippen LogP contribution is -2.68. The Kier molecular flexibility index (Phi) is 4.21. The van der Waals surface area contributed by atoms with Gasteiger partial charge < -0.3 is 14.2 Å². The molecular formula is C19H23NO6. The van der Waals surface area contributed by atoms with E-state index in [4.69, 9.17) is 14.2 Å². The van der Waals surface area contributed by atoms with Gasteiger partial charge in [0.1, 0.15) is 16.9 Å². The van der Waals surface area contributed by atoms with Crippen molar-refractivity contribution >= 4 is 17.8 Å². The van der Waals surface area contributed by atoms with Gasteiger partial charge in [-0.15, -0.1) is 0 Å². The van der Waals surface area contributed by atoms with Crippen LogP contribution in [-0.2, 0) is 9.47 Å². The highest BCUT2D eigenvalue weighted by Gasteiger charge is 2.53. The van der Waals surface area contributed by atoms with Crippen molar-refractivity contribution in [2.45, 2.75) is 45.3 Å². The Morgan fingerprint density at radius 2 is 1.88 bits per heavy atom. The van der Waals surface area contributed by atoms with Crippen LogP contribution in [0.3, 0.4) is 0 Å². The molecule has 26 heavy (non-hydrogen) atoms. The van der Waals surface area contributed by atoms with Crippen molar-refractivity contribution in [2.75, 3.05) is 20.2 Å². The van der Waals surface area contributed by atoms with E-state index in [1.165, 1.54) is 12.0 Å². The Bertz CT molecular complexity index is 786. The van der Waals surface area contributed by atoms with E-state index in [9.17, 15) is 14.4 Å². The van der Waals surface area contributed by atoms with Crippen LogP contribution in [0, 0.1) is 6.92 Å². The number of carbonyl (C=O) groups excluding carboxylic acids is 3. The fraction of sp³-hybridized carbons (Fsp3) is 0.526. The smallest absolute Gasteiger partial charge is 0.410 e. The van der Waals surface area contributed by atoms with Gasteiger partial charge in [-0.25, -0.2) is 9.59 Å². The number of benzene rings is 1. The Morgan fingerprint density at radius 1 is 1.23 bits per heavy atom. The molecule has 3 rings (SSSR count). The number of esters is 1. The van der Waals surface area contributed by atoms with E-state index >= 15 is 0 Å². The molecular weight excluding hydrogens is 338 g/mol.